The third-order valence-electron chi connectivity index (χ3n) is 3.07. The smallest absolute Gasteiger partial charge is 0.262 e. The summed E-state index contributed by atoms with van der Waals surface area (Å²) in [6, 6.07) is 7.04. The Morgan fingerprint density at radius 1 is 1.25 bits per heavy atom. The van der Waals surface area contributed by atoms with E-state index in [9.17, 15) is 4.79 Å². The number of nitrogens with one attached hydrogen (secondary N) is 1. The first kappa shape index (κ1) is 15.5. The number of amides is 1. The Morgan fingerprint density at radius 3 is 2.75 bits per heavy atom. The fraction of sp³-hybridized carbons (Fsp3) is 0.125. The van der Waals surface area contributed by atoms with E-state index in [1.54, 1.807) is 54.7 Å². The number of carbonyl (C=O) groups is 1. The molecule has 0 atom stereocenters. The molecule has 0 bridgehead atoms. The van der Waals surface area contributed by atoms with Crippen LogP contribution in [0.4, 0.5) is 5.69 Å². The number of anilines is 1. The number of carbonyl (C=O) groups excluding carboxylic acids is 1. The first-order valence-electron chi connectivity index (χ1n) is 7.11. The number of nitrogens with zero attached hydrogens (tertiary/aromatic N) is 4. The summed E-state index contributed by atoms with van der Waals surface area (Å²) in [6.07, 6.45) is 8.00. The Balaban J connectivity index is 1.54. The molecule has 1 aromatic carbocycles. The average Bonchev–Trinajstić information content (AvgIpc) is 3.15. The van der Waals surface area contributed by atoms with Gasteiger partial charge in [-0.25, -0.2) is 15.0 Å². The zero-order valence-corrected chi connectivity index (χ0v) is 12.9. The molecule has 2 heterocycles. The van der Waals surface area contributed by atoms with Crippen molar-refractivity contribution in [3.63, 3.8) is 0 Å². The van der Waals surface area contributed by atoms with Crippen molar-refractivity contribution in [2.45, 2.75) is 0 Å². The van der Waals surface area contributed by atoms with Gasteiger partial charge in [0.25, 0.3) is 5.91 Å². The molecule has 2 aromatic heterocycles. The van der Waals surface area contributed by atoms with Gasteiger partial charge in [0.15, 0.2) is 6.61 Å². The molecule has 0 aliphatic rings. The third kappa shape index (κ3) is 3.86. The van der Waals surface area contributed by atoms with Gasteiger partial charge in [0.2, 0.25) is 5.95 Å². The SMILES string of the molecule is COc1cccc(OCC(=O)Nc2cnc(-n3ccnc3)nc2)c1. The van der Waals surface area contributed by atoms with E-state index in [1.807, 2.05) is 0 Å². The molecule has 1 amide bonds. The minimum Gasteiger partial charge on any atom is -0.497 e. The number of rotatable bonds is 6. The standard InChI is InChI=1S/C16H15N5O3/c1-23-13-3-2-4-14(7-13)24-10-15(22)20-12-8-18-16(19-9-12)21-6-5-17-11-21/h2-9,11H,10H2,1H3,(H,20,22). The van der Waals surface area contributed by atoms with Crippen molar-refractivity contribution in [2.75, 3.05) is 19.0 Å². The number of hydrogen-bond donors (Lipinski definition) is 1. The number of ether oxygens (including phenoxy) is 2. The van der Waals surface area contributed by atoms with Crippen molar-refractivity contribution in [1.29, 1.82) is 0 Å². The van der Waals surface area contributed by atoms with Crippen LogP contribution in [0.1, 0.15) is 0 Å². The highest BCUT2D eigenvalue weighted by Gasteiger charge is 2.06. The van der Waals surface area contributed by atoms with Crippen molar-refractivity contribution in [2.24, 2.45) is 0 Å². The summed E-state index contributed by atoms with van der Waals surface area (Å²) in [6.45, 7) is -0.129. The van der Waals surface area contributed by atoms with Gasteiger partial charge < -0.3 is 14.8 Å². The summed E-state index contributed by atoms with van der Waals surface area (Å²) in [5, 5.41) is 2.67. The van der Waals surface area contributed by atoms with E-state index in [4.69, 9.17) is 9.47 Å². The highest BCUT2D eigenvalue weighted by Crippen LogP contribution is 2.18. The molecular weight excluding hydrogens is 310 g/mol. The lowest BCUT2D eigenvalue weighted by Gasteiger charge is -2.08. The van der Waals surface area contributed by atoms with Gasteiger partial charge in [0.1, 0.15) is 17.8 Å². The molecule has 122 valence electrons. The lowest BCUT2D eigenvalue weighted by Crippen LogP contribution is -2.20. The molecule has 8 heteroatoms. The van der Waals surface area contributed by atoms with Gasteiger partial charge >= 0.3 is 0 Å². The van der Waals surface area contributed by atoms with Crippen molar-refractivity contribution >= 4 is 11.6 Å². The highest BCUT2D eigenvalue weighted by molar-refractivity contribution is 5.91. The maximum absolute atomic E-state index is 11.9. The number of aromatic nitrogens is 4. The highest BCUT2D eigenvalue weighted by atomic mass is 16.5. The Labute approximate surface area is 138 Å². The molecule has 3 rings (SSSR count). The fourth-order valence-electron chi connectivity index (χ4n) is 1.93. The third-order valence-corrected chi connectivity index (χ3v) is 3.07. The fourth-order valence-corrected chi connectivity index (χ4v) is 1.93. The van der Waals surface area contributed by atoms with Crippen LogP contribution in [-0.4, -0.2) is 39.1 Å². The predicted molar refractivity (Wildman–Crippen MR) is 86.3 cm³/mol. The lowest BCUT2D eigenvalue weighted by atomic mass is 10.3. The molecule has 0 aliphatic heterocycles. The second kappa shape index (κ2) is 7.23. The van der Waals surface area contributed by atoms with E-state index >= 15 is 0 Å². The van der Waals surface area contributed by atoms with Crippen molar-refractivity contribution in [1.82, 2.24) is 19.5 Å². The number of benzene rings is 1. The number of hydrogen-bond acceptors (Lipinski definition) is 6. The van der Waals surface area contributed by atoms with Crippen LogP contribution in [0.3, 0.4) is 0 Å². The first-order chi connectivity index (χ1) is 11.7. The van der Waals surface area contributed by atoms with E-state index in [0.29, 0.717) is 23.1 Å². The van der Waals surface area contributed by atoms with E-state index in [1.165, 1.54) is 12.4 Å². The van der Waals surface area contributed by atoms with Crippen molar-refractivity contribution < 1.29 is 14.3 Å². The van der Waals surface area contributed by atoms with E-state index in [2.05, 4.69) is 20.3 Å². The molecule has 0 spiro atoms. The van der Waals surface area contributed by atoms with Gasteiger partial charge in [-0.2, -0.15) is 0 Å². The Kier molecular flexibility index (Phi) is 4.66. The van der Waals surface area contributed by atoms with Gasteiger partial charge in [-0.05, 0) is 12.1 Å². The molecule has 24 heavy (non-hydrogen) atoms. The minimum absolute atomic E-state index is 0.129. The topological polar surface area (TPSA) is 91.2 Å². The van der Waals surface area contributed by atoms with Gasteiger partial charge in [-0.3, -0.25) is 9.36 Å². The number of imidazole rings is 1. The van der Waals surface area contributed by atoms with Gasteiger partial charge in [0, 0.05) is 18.5 Å². The van der Waals surface area contributed by atoms with Crippen molar-refractivity contribution in [3.05, 3.63) is 55.4 Å². The van der Waals surface area contributed by atoms with Crippen LogP contribution in [0.15, 0.2) is 55.4 Å². The molecule has 0 fully saturated rings. The van der Waals surface area contributed by atoms with Crippen LogP contribution in [0, 0.1) is 0 Å². The molecule has 0 aliphatic carbocycles. The molecule has 0 saturated heterocycles. The summed E-state index contributed by atoms with van der Waals surface area (Å²) in [5.41, 5.74) is 0.484. The van der Waals surface area contributed by atoms with Crippen LogP contribution in [0.5, 0.6) is 11.5 Å². The van der Waals surface area contributed by atoms with Crippen LogP contribution in [0.2, 0.25) is 0 Å². The molecular formula is C16H15N5O3. The molecule has 0 radical (unpaired) electrons. The van der Waals surface area contributed by atoms with E-state index in [-0.39, 0.29) is 12.5 Å². The summed E-state index contributed by atoms with van der Waals surface area (Å²) in [4.78, 5) is 24.1. The molecule has 3 aromatic rings. The number of methoxy groups -OCH3 is 1. The van der Waals surface area contributed by atoms with Crippen LogP contribution >= 0.6 is 0 Å². The van der Waals surface area contributed by atoms with Crippen LogP contribution < -0.4 is 14.8 Å². The van der Waals surface area contributed by atoms with Crippen molar-refractivity contribution in [3.8, 4) is 17.4 Å². The summed E-state index contributed by atoms with van der Waals surface area (Å²) in [5.74, 6) is 1.38. The normalized spacial score (nSPS) is 10.2. The van der Waals surface area contributed by atoms with E-state index in [0.717, 1.165) is 0 Å². The Hall–Kier alpha value is -3.42. The van der Waals surface area contributed by atoms with Gasteiger partial charge in [-0.1, -0.05) is 6.07 Å². The van der Waals surface area contributed by atoms with Crippen LogP contribution in [0.25, 0.3) is 5.95 Å². The molecule has 1 N–H and O–H groups in total. The molecule has 0 saturated carbocycles. The monoisotopic (exact) mass is 325 g/mol. The maximum atomic E-state index is 11.9. The predicted octanol–water partition coefficient (Wildman–Crippen LogP) is 1.69. The molecule has 0 unspecified atom stereocenters. The van der Waals surface area contributed by atoms with Crippen LogP contribution in [-0.2, 0) is 4.79 Å². The minimum atomic E-state index is -0.309. The maximum Gasteiger partial charge on any atom is 0.262 e. The molecule has 8 nitrogen and oxygen atoms in total. The van der Waals surface area contributed by atoms with Gasteiger partial charge in [0.05, 0.1) is 25.2 Å². The Bertz CT molecular complexity index is 803. The zero-order chi connectivity index (χ0) is 16.8. The summed E-state index contributed by atoms with van der Waals surface area (Å²) < 4.78 is 12.2. The van der Waals surface area contributed by atoms with E-state index < -0.39 is 0 Å². The summed E-state index contributed by atoms with van der Waals surface area (Å²) >= 11 is 0. The zero-order valence-electron chi connectivity index (χ0n) is 12.9. The largest absolute Gasteiger partial charge is 0.497 e. The lowest BCUT2D eigenvalue weighted by molar-refractivity contribution is -0.118. The Morgan fingerprint density at radius 2 is 2.04 bits per heavy atom. The quantitative estimate of drug-likeness (QED) is 0.741. The second-order valence-corrected chi connectivity index (χ2v) is 4.76. The average molecular weight is 325 g/mol. The second-order valence-electron chi connectivity index (χ2n) is 4.76. The first-order valence-corrected chi connectivity index (χ1v) is 7.11. The van der Waals surface area contributed by atoms with Gasteiger partial charge in [-0.15, -0.1) is 0 Å². The summed E-state index contributed by atoms with van der Waals surface area (Å²) in [7, 11) is 1.57.